The number of piperidine rings is 1. The molecule has 1 fully saturated rings. The van der Waals surface area contributed by atoms with Crippen LogP contribution in [-0.4, -0.2) is 80.3 Å². The molecule has 0 unspecified atom stereocenters. The first-order valence-electron chi connectivity index (χ1n) is 10.5. The molecule has 0 aliphatic carbocycles. The van der Waals surface area contributed by atoms with E-state index in [1.165, 1.54) is 0 Å². The van der Waals surface area contributed by atoms with Gasteiger partial charge in [-0.05, 0) is 54.4 Å². The quantitative estimate of drug-likeness (QED) is 0.433. The van der Waals surface area contributed by atoms with Crippen LogP contribution in [0.3, 0.4) is 0 Å². The third-order valence-corrected chi connectivity index (χ3v) is 4.07. The van der Waals surface area contributed by atoms with E-state index in [4.69, 9.17) is 18.9 Å². The molecule has 170 valence electrons. The van der Waals surface area contributed by atoms with Gasteiger partial charge in [0.15, 0.2) is 0 Å². The monoisotopic (exact) mass is 416 g/mol. The lowest BCUT2D eigenvalue weighted by molar-refractivity contribution is -0.156. The molecule has 1 aliphatic rings. The Balaban J connectivity index is 1.96. The van der Waals surface area contributed by atoms with Crippen molar-refractivity contribution in [2.75, 3.05) is 46.1 Å². The third kappa shape index (κ3) is 13.5. The number of esters is 1. The Hall–Kier alpha value is -1.38. The zero-order valence-electron chi connectivity index (χ0n) is 19.0. The first-order valence-corrected chi connectivity index (χ1v) is 10.5. The van der Waals surface area contributed by atoms with Gasteiger partial charge in [-0.15, -0.1) is 0 Å². The summed E-state index contributed by atoms with van der Waals surface area (Å²) in [5.41, 5.74) is -0.914. The van der Waals surface area contributed by atoms with Crippen LogP contribution in [0.5, 0.6) is 0 Å². The Labute approximate surface area is 175 Å². The largest absolute Gasteiger partial charge is 0.460 e. The molecule has 0 aromatic rings. The fourth-order valence-corrected chi connectivity index (χ4v) is 2.80. The Kier molecular flexibility index (Phi) is 10.9. The van der Waals surface area contributed by atoms with Crippen molar-refractivity contribution in [3.8, 4) is 0 Å². The van der Waals surface area contributed by atoms with Gasteiger partial charge in [-0.1, -0.05) is 0 Å². The second-order valence-corrected chi connectivity index (χ2v) is 9.26. The topological polar surface area (TPSA) is 86.3 Å². The summed E-state index contributed by atoms with van der Waals surface area (Å²) in [6.45, 7) is 15.2. The SMILES string of the molecule is CC(C)(C)OC(=O)CCOCCOCCNC1CCN(C(=O)OC(C)(C)C)CC1. The number of carbonyl (C=O) groups excluding carboxylic acids is 2. The summed E-state index contributed by atoms with van der Waals surface area (Å²) >= 11 is 0. The van der Waals surface area contributed by atoms with Gasteiger partial charge in [0.2, 0.25) is 0 Å². The summed E-state index contributed by atoms with van der Waals surface area (Å²) in [4.78, 5) is 25.4. The van der Waals surface area contributed by atoms with E-state index >= 15 is 0 Å². The van der Waals surface area contributed by atoms with Crippen molar-refractivity contribution in [1.82, 2.24) is 10.2 Å². The number of likely N-dealkylation sites (tertiary alicyclic amines) is 1. The molecule has 0 aromatic carbocycles. The molecule has 1 heterocycles. The van der Waals surface area contributed by atoms with Crippen LogP contribution in [0.1, 0.15) is 60.8 Å². The number of rotatable bonds is 10. The van der Waals surface area contributed by atoms with Gasteiger partial charge in [0.1, 0.15) is 11.2 Å². The maximum atomic E-state index is 12.1. The van der Waals surface area contributed by atoms with Crippen molar-refractivity contribution in [2.45, 2.75) is 78.0 Å². The summed E-state index contributed by atoms with van der Waals surface area (Å²) in [6, 6.07) is 0.391. The van der Waals surface area contributed by atoms with Crippen molar-refractivity contribution >= 4 is 12.1 Å². The van der Waals surface area contributed by atoms with Gasteiger partial charge >= 0.3 is 12.1 Å². The molecular formula is C21H40N2O6. The lowest BCUT2D eigenvalue weighted by atomic mass is 10.1. The van der Waals surface area contributed by atoms with Crippen molar-refractivity contribution in [3.63, 3.8) is 0 Å². The van der Waals surface area contributed by atoms with Gasteiger partial charge in [-0.25, -0.2) is 4.79 Å². The van der Waals surface area contributed by atoms with E-state index in [-0.39, 0.29) is 18.5 Å². The predicted octanol–water partition coefficient (Wildman–Crippen LogP) is 2.74. The minimum absolute atomic E-state index is 0.231. The number of hydrogen-bond donors (Lipinski definition) is 1. The van der Waals surface area contributed by atoms with Crippen LogP contribution >= 0.6 is 0 Å². The molecule has 0 bridgehead atoms. The smallest absolute Gasteiger partial charge is 0.410 e. The Morgan fingerprint density at radius 2 is 1.41 bits per heavy atom. The Morgan fingerprint density at radius 1 is 0.862 bits per heavy atom. The highest BCUT2D eigenvalue weighted by Gasteiger charge is 2.26. The molecule has 0 spiro atoms. The second kappa shape index (κ2) is 12.3. The molecule has 1 saturated heterocycles. The minimum atomic E-state index is -0.459. The molecule has 1 rings (SSSR count). The Bertz CT molecular complexity index is 490. The van der Waals surface area contributed by atoms with Crippen LogP contribution < -0.4 is 5.32 Å². The normalized spacial score (nSPS) is 16.0. The zero-order chi connectivity index (χ0) is 21.9. The van der Waals surface area contributed by atoms with Gasteiger partial charge in [0.25, 0.3) is 0 Å². The molecule has 0 atom stereocenters. The summed E-state index contributed by atoms with van der Waals surface area (Å²) in [5, 5.41) is 3.46. The second-order valence-electron chi connectivity index (χ2n) is 9.26. The van der Waals surface area contributed by atoms with Crippen LogP contribution in [0.2, 0.25) is 0 Å². The van der Waals surface area contributed by atoms with Crippen molar-refractivity contribution in [3.05, 3.63) is 0 Å². The number of nitrogens with zero attached hydrogens (tertiary/aromatic N) is 1. The maximum absolute atomic E-state index is 12.1. The number of nitrogens with one attached hydrogen (secondary N) is 1. The summed E-state index contributed by atoms with van der Waals surface area (Å²) in [5.74, 6) is -0.250. The predicted molar refractivity (Wildman–Crippen MR) is 111 cm³/mol. The van der Waals surface area contributed by atoms with Gasteiger partial charge < -0.3 is 29.2 Å². The molecule has 29 heavy (non-hydrogen) atoms. The lowest BCUT2D eigenvalue weighted by Gasteiger charge is -2.33. The van der Waals surface area contributed by atoms with Crippen LogP contribution in [0.4, 0.5) is 4.79 Å². The Morgan fingerprint density at radius 3 is 1.97 bits per heavy atom. The average Bonchev–Trinajstić information content (AvgIpc) is 2.57. The van der Waals surface area contributed by atoms with Crippen LogP contribution in [0.15, 0.2) is 0 Å². The van der Waals surface area contributed by atoms with E-state index < -0.39 is 11.2 Å². The molecule has 8 nitrogen and oxygen atoms in total. The first-order chi connectivity index (χ1) is 13.5. The highest BCUT2D eigenvalue weighted by Crippen LogP contribution is 2.15. The molecule has 8 heteroatoms. The first kappa shape index (κ1) is 25.7. The van der Waals surface area contributed by atoms with Crippen LogP contribution in [0.25, 0.3) is 0 Å². The highest BCUT2D eigenvalue weighted by molar-refractivity contribution is 5.70. The standard InChI is InChI=1S/C21H40N2O6/c1-20(2,3)28-18(24)9-13-26-15-16-27-14-10-22-17-7-11-23(12-8-17)19(25)29-21(4,5)6/h17,22H,7-16H2,1-6H3. The van der Waals surface area contributed by atoms with Gasteiger partial charge in [-0.2, -0.15) is 0 Å². The van der Waals surface area contributed by atoms with Crippen molar-refractivity contribution in [2.24, 2.45) is 0 Å². The highest BCUT2D eigenvalue weighted by atomic mass is 16.6. The molecule has 1 N–H and O–H groups in total. The molecule has 0 radical (unpaired) electrons. The maximum Gasteiger partial charge on any atom is 0.410 e. The molecule has 0 aromatic heterocycles. The zero-order valence-corrected chi connectivity index (χ0v) is 19.0. The fourth-order valence-electron chi connectivity index (χ4n) is 2.80. The van der Waals surface area contributed by atoms with E-state index in [2.05, 4.69) is 5.32 Å². The van der Waals surface area contributed by atoms with E-state index in [0.717, 1.165) is 19.4 Å². The van der Waals surface area contributed by atoms with Gasteiger partial charge in [0.05, 0.1) is 32.8 Å². The lowest BCUT2D eigenvalue weighted by Crippen LogP contribution is -2.47. The minimum Gasteiger partial charge on any atom is -0.460 e. The fraction of sp³-hybridized carbons (Fsp3) is 0.905. The van der Waals surface area contributed by atoms with E-state index in [1.807, 2.05) is 41.5 Å². The molecule has 0 saturated carbocycles. The summed E-state index contributed by atoms with van der Waals surface area (Å²) in [6.07, 6.45) is 1.84. The molecule has 1 amide bonds. The average molecular weight is 417 g/mol. The van der Waals surface area contributed by atoms with E-state index in [9.17, 15) is 9.59 Å². The van der Waals surface area contributed by atoms with Crippen LogP contribution in [0, 0.1) is 0 Å². The summed E-state index contributed by atoms with van der Waals surface area (Å²) < 4.78 is 21.5. The third-order valence-electron chi connectivity index (χ3n) is 4.07. The van der Waals surface area contributed by atoms with E-state index in [0.29, 0.717) is 45.6 Å². The van der Waals surface area contributed by atoms with Crippen LogP contribution in [-0.2, 0) is 23.7 Å². The van der Waals surface area contributed by atoms with Gasteiger partial charge in [0, 0.05) is 25.7 Å². The molecule has 1 aliphatic heterocycles. The van der Waals surface area contributed by atoms with Gasteiger partial charge in [-0.3, -0.25) is 4.79 Å². The van der Waals surface area contributed by atoms with Crippen molar-refractivity contribution in [1.29, 1.82) is 0 Å². The summed E-state index contributed by atoms with van der Waals surface area (Å²) in [7, 11) is 0. The number of ether oxygens (including phenoxy) is 4. The number of hydrogen-bond acceptors (Lipinski definition) is 7. The molecular weight excluding hydrogens is 376 g/mol. The van der Waals surface area contributed by atoms with E-state index in [1.54, 1.807) is 4.90 Å². The number of carbonyl (C=O) groups is 2. The number of amides is 1. The van der Waals surface area contributed by atoms with Crippen molar-refractivity contribution < 1.29 is 28.5 Å².